The van der Waals surface area contributed by atoms with E-state index in [-0.39, 0.29) is 0 Å². The Morgan fingerprint density at radius 3 is 1.29 bits per heavy atom. The zero-order chi connectivity index (χ0) is 11.0. The predicted molar refractivity (Wildman–Crippen MR) is 64.2 cm³/mol. The molecule has 0 atom stereocenters. The van der Waals surface area contributed by atoms with Gasteiger partial charge in [0.15, 0.2) is 0 Å². The van der Waals surface area contributed by atoms with Crippen LogP contribution in [0.3, 0.4) is 0 Å². The van der Waals surface area contributed by atoms with Gasteiger partial charge in [-0.1, -0.05) is 45.8 Å². The second kappa shape index (κ2) is 3.92. The molecule has 0 aromatic heterocycles. The molecule has 0 nitrogen and oxygen atoms in total. The van der Waals surface area contributed by atoms with E-state index >= 15 is 0 Å². The molecule has 0 aliphatic heterocycles. The minimum Gasteiger partial charge on any atom is -0.0627 e. The molecule has 0 bridgehead atoms. The van der Waals surface area contributed by atoms with Crippen LogP contribution in [-0.4, -0.2) is 0 Å². The highest BCUT2D eigenvalue weighted by Crippen LogP contribution is 2.43. The van der Waals surface area contributed by atoms with Gasteiger partial charge in [-0.05, 0) is 42.7 Å². The van der Waals surface area contributed by atoms with Gasteiger partial charge in [-0.15, -0.1) is 0 Å². The van der Waals surface area contributed by atoms with Gasteiger partial charge in [0.2, 0.25) is 0 Å². The first-order chi connectivity index (χ1) is 6.37. The summed E-state index contributed by atoms with van der Waals surface area (Å²) in [7, 11) is 0. The fraction of sp³-hybridized carbons (Fsp3) is 0.714. The third-order valence-electron chi connectivity index (χ3n) is 3.59. The zero-order valence-electron chi connectivity index (χ0n) is 10.7. The van der Waals surface area contributed by atoms with Crippen molar-refractivity contribution in [3.8, 4) is 0 Å². The largest absolute Gasteiger partial charge is 0.0627 e. The zero-order valence-corrected chi connectivity index (χ0v) is 10.7. The maximum atomic E-state index is 2.34. The first-order valence-corrected chi connectivity index (χ1v) is 5.79. The van der Waals surface area contributed by atoms with Crippen LogP contribution < -0.4 is 0 Å². The predicted octanol–water partition coefficient (Wildman–Crippen LogP) is 4.58. The van der Waals surface area contributed by atoms with Crippen molar-refractivity contribution in [2.24, 2.45) is 17.8 Å². The normalized spacial score (nSPS) is 19.5. The Hall–Kier alpha value is -0.520. The third kappa shape index (κ3) is 1.67. The second-order valence-corrected chi connectivity index (χ2v) is 5.22. The molecule has 1 rings (SSSR count). The van der Waals surface area contributed by atoms with Crippen molar-refractivity contribution in [1.82, 2.24) is 0 Å². The Kier molecular flexibility index (Phi) is 3.24. The third-order valence-corrected chi connectivity index (χ3v) is 3.59. The number of hydrogen-bond donors (Lipinski definition) is 0. The van der Waals surface area contributed by atoms with E-state index in [4.69, 9.17) is 0 Å². The van der Waals surface area contributed by atoms with Crippen molar-refractivity contribution in [2.45, 2.75) is 48.5 Å². The quantitative estimate of drug-likeness (QED) is 0.600. The molecular formula is C14H24. The Morgan fingerprint density at radius 2 is 1.07 bits per heavy atom. The van der Waals surface area contributed by atoms with Gasteiger partial charge in [0.25, 0.3) is 0 Å². The average molecular weight is 192 g/mol. The Labute approximate surface area is 89.1 Å². The SMILES string of the molecule is CC1=C(C(C)C)C(C(C)C)=C(C)C1C. The van der Waals surface area contributed by atoms with Crippen LogP contribution in [0.15, 0.2) is 22.3 Å². The lowest BCUT2D eigenvalue weighted by atomic mass is 9.88. The maximum Gasteiger partial charge on any atom is -0.00149 e. The standard InChI is InChI=1S/C14H24/c1-8(2)13-11(6)10(5)12(7)14(13)9(3)4/h8-10H,1-7H3. The molecule has 0 saturated heterocycles. The lowest BCUT2D eigenvalue weighted by molar-refractivity contribution is 0.699. The van der Waals surface area contributed by atoms with Crippen molar-refractivity contribution >= 4 is 0 Å². The van der Waals surface area contributed by atoms with Gasteiger partial charge in [0, 0.05) is 0 Å². The monoisotopic (exact) mass is 192 g/mol. The van der Waals surface area contributed by atoms with E-state index in [1.54, 1.807) is 22.3 Å². The molecule has 0 aromatic carbocycles. The van der Waals surface area contributed by atoms with Crippen molar-refractivity contribution in [3.63, 3.8) is 0 Å². The molecule has 0 fully saturated rings. The van der Waals surface area contributed by atoms with Crippen LogP contribution in [0, 0.1) is 17.8 Å². The Morgan fingerprint density at radius 1 is 0.786 bits per heavy atom. The van der Waals surface area contributed by atoms with Gasteiger partial charge in [0.05, 0.1) is 0 Å². The van der Waals surface area contributed by atoms with E-state index in [1.165, 1.54) is 0 Å². The van der Waals surface area contributed by atoms with Crippen LogP contribution in [0.5, 0.6) is 0 Å². The van der Waals surface area contributed by atoms with Crippen molar-refractivity contribution < 1.29 is 0 Å². The lowest BCUT2D eigenvalue weighted by Crippen LogP contribution is -2.03. The van der Waals surface area contributed by atoms with Crippen LogP contribution >= 0.6 is 0 Å². The molecule has 1 aliphatic rings. The van der Waals surface area contributed by atoms with Crippen molar-refractivity contribution in [3.05, 3.63) is 22.3 Å². The van der Waals surface area contributed by atoms with E-state index in [0.717, 1.165) is 0 Å². The van der Waals surface area contributed by atoms with Crippen LogP contribution in [0.2, 0.25) is 0 Å². The van der Waals surface area contributed by atoms with Crippen molar-refractivity contribution in [2.75, 3.05) is 0 Å². The summed E-state index contributed by atoms with van der Waals surface area (Å²) >= 11 is 0. The molecule has 0 unspecified atom stereocenters. The molecule has 1 aliphatic carbocycles. The first kappa shape index (κ1) is 11.6. The Balaban J connectivity index is 3.23. The van der Waals surface area contributed by atoms with E-state index in [2.05, 4.69) is 48.5 Å². The fourth-order valence-electron chi connectivity index (χ4n) is 2.75. The molecule has 0 aromatic rings. The van der Waals surface area contributed by atoms with Gasteiger partial charge in [0.1, 0.15) is 0 Å². The molecule has 0 amide bonds. The van der Waals surface area contributed by atoms with E-state index < -0.39 is 0 Å². The minimum atomic E-state index is 0.671. The van der Waals surface area contributed by atoms with E-state index in [0.29, 0.717) is 17.8 Å². The summed E-state index contributed by atoms with van der Waals surface area (Å²) in [6, 6.07) is 0. The van der Waals surface area contributed by atoms with E-state index in [9.17, 15) is 0 Å². The van der Waals surface area contributed by atoms with Gasteiger partial charge in [-0.2, -0.15) is 0 Å². The molecule has 0 heterocycles. The van der Waals surface area contributed by atoms with Gasteiger partial charge in [-0.25, -0.2) is 0 Å². The first-order valence-electron chi connectivity index (χ1n) is 5.79. The molecular weight excluding hydrogens is 168 g/mol. The second-order valence-electron chi connectivity index (χ2n) is 5.22. The summed E-state index contributed by atoms with van der Waals surface area (Å²) in [6.45, 7) is 16.2. The number of rotatable bonds is 2. The molecule has 80 valence electrons. The summed E-state index contributed by atoms with van der Waals surface area (Å²) in [4.78, 5) is 0. The molecule has 0 saturated carbocycles. The number of hydrogen-bond acceptors (Lipinski definition) is 0. The molecule has 0 radical (unpaired) electrons. The van der Waals surface area contributed by atoms with E-state index in [1.807, 2.05) is 0 Å². The lowest BCUT2D eigenvalue weighted by Gasteiger charge is -2.17. The summed E-state index contributed by atoms with van der Waals surface area (Å²) in [5.74, 6) is 2.02. The Bertz CT molecular complexity index is 257. The summed E-state index contributed by atoms with van der Waals surface area (Å²) in [5.41, 5.74) is 6.46. The molecule has 0 N–H and O–H groups in total. The topological polar surface area (TPSA) is 0 Å². The van der Waals surface area contributed by atoms with Crippen LogP contribution in [0.25, 0.3) is 0 Å². The van der Waals surface area contributed by atoms with Crippen molar-refractivity contribution in [1.29, 1.82) is 0 Å². The van der Waals surface area contributed by atoms with Crippen LogP contribution in [0.1, 0.15) is 48.5 Å². The number of allylic oxidation sites excluding steroid dienone is 4. The molecule has 14 heavy (non-hydrogen) atoms. The van der Waals surface area contributed by atoms with Crippen LogP contribution in [-0.2, 0) is 0 Å². The van der Waals surface area contributed by atoms with Gasteiger partial charge >= 0.3 is 0 Å². The fourth-order valence-corrected chi connectivity index (χ4v) is 2.75. The summed E-state index contributed by atoms with van der Waals surface area (Å²) in [5, 5.41) is 0. The smallest absolute Gasteiger partial charge is 0.00149 e. The average Bonchev–Trinajstić information content (AvgIpc) is 2.29. The summed E-state index contributed by atoms with van der Waals surface area (Å²) < 4.78 is 0. The molecule has 0 spiro atoms. The van der Waals surface area contributed by atoms with Gasteiger partial charge < -0.3 is 0 Å². The minimum absolute atomic E-state index is 0.671. The highest BCUT2D eigenvalue weighted by Gasteiger charge is 2.28. The van der Waals surface area contributed by atoms with Gasteiger partial charge in [-0.3, -0.25) is 0 Å². The summed E-state index contributed by atoms with van der Waals surface area (Å²) in [6.07, 6.45) is 0. The highest BCUT2D eigenvalue weighted by atomic mass is 14.3. The highest BCUT2D eigenvalue weighted by molar-refractivity contribution is 5.49. The van der Waals surface area contributed by atoms with Crippen LogP contribution in [0.4, 0.5) is 0 Å². The molecule has 0 heteroatoms. The maximum absolute atomic E-state index is 2.34.